The minimum atomic E-state index is 0.450. The van der Waals surface area contributed by atoms with E-state index < -0.39 is 0 Å². The first-order chi connectivity index (χ1) is 17.8. The number of hydrogen-bond acceptors (Lipinski definition) is 6. The Morgan fingerprint density at radius 1 is 0.556 bits per heavy atom. The van der Waals surface area contributed by atoms with Crippen molar-refractivity contribution >= 4 is 6.29 Å². The van der Waals surface area contributed by atoms with Crippen molar-refractivity contribution < 1.29 is 28.5 Å². The van der Waals surface area contributed by atoms with Gasteiger partial charge in [-0.2, -0.15) is 0 Å². The Bertz CT molecular complexity index is 775. The van der Waals surface area contributed by atoms with Crippen LogP contribution in [0.1, 0.15) is 67.8 Å². The molecule has 0 heterocycles. The average molecular weight is 501 g/mol. The van der Waals surface area contributed by atoms with Gasteiger partial charge in [0.2, 0.25) is 0 Å². The summed E-state index contributed by atoms with van der Waals surface area (Å²) in [5.41, 5.74) is 2.01. The summed E-state index contributed by atoms with van der Waals surface area (Å²) in [6, 6.07) is 15.4. The standard InChI is InChI=1S/C30H44O6/c1-2-3-4-5-6-7-8-9-27-10-14-29(15-11-27)35-24-22-33-20-18-32-19-21-34-23-25-36-30-16-12-28(26-31)13-17-30/h10-17,26H,2-9,18-25H2,1H3. The molecule has 0 aliphatic carbocycles. The van der Waals surface area contributed by atoms with Gasteiger partial charge in [0.05, 0.1) is 39.6 Å². The van der Waals surface area contributed by atoms with Gasteiger partial charge in [0.15, 0.2) is 0 Å². The predicted molar refractivity (Wildman–Crippen MR) is 143 cm³/mol. The number of benzene rings is 2. The molecule has 0 radical (unpaired) electrons. The fourth-order valence-electron chi connectivity index (χ4n) is 3.66. The molecule has 2 aromatic carbocycles. The van der Waals surface area contributed by atoms with Crippen molar-refractivity contribution in [3.63, 3.8) is 0 Å². The van der Waals surface area contributed by atoms with Crippen LogP contribution in [0.25, 0.3) is 0 Å². The fourth-order valence-corrected chi connectivity index (χ4v) is 3.66. The summed E-state index contributed by atoms with van der Waals surface area (Å²) in [4.78, 5) is 10.6. The van der Waals surface area contributed by atoms with Gasteiger partial charge in [0, 0.05) is 5.56 Å². The van der Waals surface area contributed by atoms with Crippen molar-refractivity contribution in [2.24, 2.45) is 0 Å². The lowest BCUT2D eigenvalue weighted by atomic mass is 10.0. The monoisotopic (exact) mass is 500 g/mol. The molecule has 2 rings (SSSR count). The maximum atomic E-state index is 10.6. The molecule has 0 saturated carbocycles. The van der Waals surface area contributed by atoms with Crippen LogP contribution in [0.2, 0.25) is 0 Å². The fraction of sp³-hybridized carbons (Fsp3) is 0.567. The molecule has 200 valence electrons. The molecule has 2 aromatic rings. The Hall–Kier alpha value is -2.41. The quantitative estimate of drug-likeness (QED) is 0.132. The summed E-state index contributed by atoms with van der Waals surface area (Å²) >= 11 is 0. The summed E-state index contributed by atoms with van der Waals surface area (Å²) < 4.78 is 27.8. The molecule has 6 heteroatoms. The Morgan fingerprint density at radius 3 is 1.50 bits per heavy atom. The van der Waals surface area contributed by atoms with E-state index >= 15 is 0 Å². The third-order valence-electron chi connectivity index (χ3n) is 5.75. The molecule has 0 aliphatic rings. The molecule has 0 N–H and O–H groups in total. The first-order valence-corrected chi connectivity index (χ1v) is 13.4. The molecule has 0 aromatic heterocycles. The molecule has 0 aliphatic heterocycles. The largest absolute Gasteiger partial charge is 0.491 e. The summed E-state index contributed by atoms with van der Waals surface area (Å²) in [5.74, 6) is 1.61. The molecule has 6 nitrogen and oxygen atoms in total. The molecule has 0 amide bonds. The molecule has 0 fully saturated rings. The molecular weight excluding hydrogens is 456 g/mol. The summed E-state index contributed by atoms with van der Waals surface area (Å²) in [6.45, 7) is 6.32. The maximum absolute atomic E-state index is 10.6. The van der Waals surface area contributed by atoms with E-state index in [9.17, 15) is 4.79 Å². The topological polar surface area (TPSA) is 63.2 Å². The lowest BCUT2D eigenvalue weighted by Crippen LogP contribution is -2.14. The van der Waals surface area contributed by atoms with Crippen LogP contribution < -0.4 is 9.47 Å². The number of unbranched alkanes of at least 4 members (excludes halogenated alkanes) is 6. The Kier molecular flexibility index (Phi) is 17.2. The highest BCUT2D eigenvalue weighted by Gasteiger charge is 1.99. The summed E-state index contributed by atoms with van der Waals surface area (Å²) in [7, 11) is 0. The molecule has 0 atom stereocenters. The molecular formula is C30H44O6. The number of ether oxygens (including phenoxy) is 5. The van der Waals surface area contributed by atoms with Gasteiger partial charge in [0.1, 0.15) is 31.0 Å². The minimum absolute atomic E-state index is 0.450. The van der Waals surface area contributed by atoms with Crippen LogP contribution in [0.3, 0.4) is 0 Å². The number of hydrogen-bond donors (Lipinski definition) is 0. The van der Waals surface area contributed by atoms with Crippen LogP contribution in [0, 0.1) is 0 Å². The van der Waals surface area contributed by atoms with Crippen molar-refractivity contribution in [2.45, 2.75) is 58.3 Å². The minimum Gasteiger partial charge on any atom is -0.491 e. The summed E-state index contributed by atoms with van der Waals surface area (Å²) in [5, 5.41) is 0. The van der Waals surface area contributed by atoms with Gasteiger partial charge in [-0.05, 0) is 54.8 Å². The van der Waals surface area contributed by atoms with E-state index in [0.717, 1.165) is 24.2 Å². The van der Waals surface area contributed by atoms with Crippen molar-refractivity contribution in [1.82, 2.24) is 0 Å². The van der Waals surface area contributed by atoms with E-state index in [1.807, 2.05) is 12.1 Å². The molecule has 0 spiro atoms. The van der Waals surface area contributed by atoms with Crippen LogP contribution in [0.5, 0.6) is 11.5 Å². The SMILES string of the molecule is CCCCCCCCCc1ccc(OCCOCCOCCOCCOc2ccc(C=O)cc2)cc1. The van der Waals surface area contributed by atoms with E-state index in [-0.39, 0.29) is 0 Å². The first kappa shape index (κ1) is 29.8. The van der Waals surface area contributed by atoms with Gasteiger partial charge in [-0.25, -0.2) is 0 Å². The van der Waals surface area contributed by atoms with E-state index in [0.29, 0.717) is 58.4 Å². The number of aldehydes is 1. The zero-order valence-electron chi connectivity index (χ0n) is 22.0. The molecule has 0 bridgehead atoms. The van der Waals surface area contributed by atoms with Crippen LogP contribution in [0.15, 0.2) is 48.5 Å². The number of carbonyl (C=O) groups is 1. The van der Waals surface area contributed by atoms with Crippen molar-refractivity contribution in [3.05, 3.63) is 59.7 Å². The van der Waals surface area contributed by atoms with E-state index in [2.05, 4.69) is 19.1 Å². The highest BCUT2D eigenvalue weighted by Crippen LogP contribution is 2.15. The number of aryl methyl sites for hydroxylation is 1. The van der Waals surface area contributed by atoms with Crippen LogP contribution >= 0.6 is 0 Å². The van der Waals surface area contributed by atoms with E-state index in [1.165, 1.54) is 50.5 Å². The maximum Gasteiger partial charge on any atom is 0.150 e. The normalized spacial score (nSPS) is 10.9. The Morgan fingerprint density at radius 2 is 1.00 bits per heavy atom. The van der Waals surface area contributed by atoms with Crippen molar-refractivity contribution in [3.8, 4) is 11.5 Å². The van der Waals surface area contributed by atoms with Gasteiger partial charge in [-0.3, -0.25) is 4.79 Å². The van der Waals surface area contributed by atoms with E-state index in [1.54, 1.807) is 24.3 Å². The first-order valence-electron chi connectivity index (χ1n) is 13.4. The van der Waals surface area contributed by atoms with Gasteiger partial charge < -0.3 is 23.7 Å². The number of carbonyl (C=O) groups excluding carboxylic acids is 1. The summed E-state index contributed by atoms with van der Waals surface area (Å²) in [6.07, 6.45) is 11.3. The Labute approximate surface area is 217 Å². The number of rotatable bonds is 23. The van der Waals surface area contributed by atoms with Crippen LogP contribution in [0.4, 0.5) is 0 Å². The van der Waals surface area contributed by atoms with Gasteiger partial charge in [0.25, 0.3) is 0 Å². The van der Waals surface area contributed by atoms with Crippen molar-refractivity contribution in [1.29, 1.82) is 0 Å². The second-order valence-corrected chi connectivity index (χ2v) is 8.74. The zero-order chi connectivity index (χ0) is 25.5. The predicted octanol–water partition coefficient (Wildman–Crippen LogP) is 6.30. The van der Waals surface area contributed by atoms with Crippen molar-refractivity contribution in [2.75, 3.05) is 52.9 Å². The Balaban J connectivity index is 1.34. The molecule has 0 unspecified atom stereocenters. The lowest BCUT2D eigenvalue weighted by Gasteiger charge is -2.09. The lowest BCUT2D eigenvalue weighted by molar-refractivity contribution is 0.00499. The average Bonchev–Trinajstić information content (AvgIpc) is 2.92. The molecule has 36 heavy (non-hydrogen) atoms. The smallest absolute Gasteiger partial charge is 0.150 e. The highest BCUT2D eigenvalue weighted by molar-refractivity contribution is 5.74. The third kappa shape index (κ3) is 14.9. The molecule has 0 saturated heterocycles. The van der Waals surface area contributed by atoms with Crippen LogP contribution in [-0.2, 0) is 20.6 Å². The van der Waals surface area contributed by atoms with E-state index in [4.69, 9.17) is 23.7 Å². The highest BCUT2D eigenvalue weighted by atomic mass is 16.6. The second-order valence-electron chi connectivity index (χ2n) is 8.74. The van der Waals surface area contributed by atoms with Gasteiger partial charge in [-0.1, -0.05) is 57.6 Å². The van der Waals surface area contributed by atoms with Gasteiger partial charge >= 0.3 is 0 Å². The van der Waals surface area contributed by atoms with Crippen LogP contribution in [-0.4, -0.2) is 59.1 Å². The zero-order valence-corrected chi connectivity index (χ0v) is 22.0. The second kappa shape index (κ2) is 20.7. The third-order valence-corrected chi connectivity index (χ3v) is 5.75. The van der Waals surface area contributed by atoms with Gasteiger partial charge in [-0.15, -0.1) is 0 Å².